The molecule has 40 heavy (non-hydrogen) atoms. The van der Waals surface area contributed by atoms with Crippen molar-refractivity contribution in [3.63, 3.8) is 0 Å². The molecule has 6 nitrogen and oxygen atoms in total. The molecule has 0 saturated carbocycles. The second-order valence-corrected chi connectivity index (χ2v) is 10.6. The van der Waals surface area contributed by atoms with Crippen molar-refractivity contribution in [2.75, 3.05) is 33.3 Å². The number of carbonyl (C=O) groups excluding carboxylic acids is 1. The molecule has 0 spiro atoms. The van der Waals surface area contributed by atoms with Crippen LogP contribution in [-0.2, 0) is 12.1 Å². The number of urea groups is 1. The van der Waals surface area contributed by atoms with Crippen molar-refractivity contribution in [3.05, 3.63) is 107 Å². The molecule has 3 aromatic rings. The van der Waals surface area contributed by atoms with E-state index in [2.05, 4.69) is 4.98 Å². The van der Waals surface area contributed by atoms with E-state index in [0.717, 1.165) is 29.5 Å². The van der Waals surface area contributed by atoms with Gasteiger partial charge in [0.25, 0.3) is 0 Å². The largest absolute Gasteiger partial charge is 0.393 e. The van der Waals surface area contributed by atoms with Crippen LogP contribution < -0.4 is 0 Å². The molecule has 2 aliphatic heterocycles. The van der Waals surface area contributed by atoms with E-state index in [-0.39, 0.29) is 18.7 Å². The van der Waals surface area contributed by atoms with Crippen molar-refractivity contribution in [2.24, 2.45) is 0 Å². The Morgan fingerprint density at radius 1 is 1.15 bits per heavy atom. The number of likely N-dealkylation sites (tertiary alicyclic amines) is 1. The number of aryl methyl sites for hydroxylation is 1. The van der Waals surface area contributed by atoms with Gasteiger partial charge in [0.2, 0.25) is 0 Å². The molecule has 0 radical (unpaired) electrons. The topological polar surface area (TPSA) is 59.9 Å². The number of piperidine rings is 1. The number of aliphatic hydroxyl groups is 1. The Bertz CT molecular complexity index is 1400. The summed E-state index contributed by atoms with van der Waals surface area (Å²) in [6, 6.07) is 14.8. The van der Waals surface area contributed by atoms with Gasteiger partial charge in [0.05, 0.1) is 12.6 Å². The quantitative estimate of drug-likeness (QED) is 0.474. The molecular weight excluding hydrogens is 517 g/mol. The van der Waals surface area contributed by atoms with Gasteiger partial charge in [0, 0.05) is 50.7 Å². The standard InChI is InChI=1S/C31H33F3N4O2/c1-21-14-22(10-12-35-21)17-37-13-11-29(28(34)19-37)36(2)30(40)38-18-23(26-15-25(32)8-9-27(26)33)16-31(38,20-39)24-6-4-3-5-7-24/h3-10,12,14-16,28-29,39H,11,13,17-20H2,1-2H3/t28?,29?,31-/m1/s1. The molecule has 1 saturated heterocycles. The average molecular weight is 551 g/mol. The first kappa shape index (κ1) is 27.9. The lowest BCUT2D eigenvalue weighted by atomic mass is 9.89. The average Bonchev–Trinajstić information content (AvgIpc) is 3.35. The molecule has 2 aliphatic rings. The van der Waals surface area contributed by atoms with E-state index in [4.69, 9.17) is 0 Å². The van der Waals surface area contributed by atoms with Gasteiger partial charge in [-0.25, -0.2) is 18.0 Å². The Kier molecular flexibility index (Phi) is 7.96. The second-order valence-electron chi connectivity index (χ2n) is 10.6. The third kappa shape index (κ3) is 5.36. The number of aliphatic hydroxyl groups excluding tert-OH is 1. The van der Waals surface area contributed by atoms with Crippen LogP contribution in [0.15, 0.2) is 72.9 Å². The minimum atomic E-state index is -1.33. The maximum atomic E-state index is 15.6. The number of pyridine rings is 1. The Balaban J connectivity index is 1.39. The van der Waals surface area contributed by atoms with E-state index in [0.29, 0.717) is 30.6 Å². The first-order valence-electron chi connectivity index (χ1n) is 13.4. The highest BCUT2D eigenvalue weighted by Gasteiger charge is 2.47. The van der Waals surface area contributed by atoms with Crippen molar-refractivity contribution in [2.45, 2.75) is 37.6 Å². The summed E-state index contributed by atoms with van der Waals surface area (Å²) in [6.07, 6.45) is 2.50. The van der Waals surface area contributed by atoms with Gasteiger partial charge in [-0.3, -0.25) is 9.88 Å². The van der Waals surface area contributed by atoms with Crippen LogP contribution in [0.2, 0.25) is 0 Å². The number of benzene rings is 2. The van der Waals surface area contributed by atoms with Crippen molar-refractivity contribution >= 4 is 11.6 Å². The lowest BCUT2D eigenvalue weighted by Crippen LogP contribution is -2.58. The van der Waals surface area contributed by atoms with Gasteiger partial charge in [-0.2, -0.15) is 0 Å². The number of aromatic nitrogens is 1. The number of hydrogen-bond donors (Lipinski definition) is 1. The summed E-state index contributed by atoms with van der Waals surface area (Å²) in [5.74, 6) is -1.24. The zero-order valence-corrected chi connectivity index (χ0v) is 22.6. The Hall–Kier alpha value is -3.69. The van der Waals surface area contributed by atoms with Crippen LogP contribution in [-0.4, -0.2) is 76.3 Å². The van der Waals surface area contributed by atoms with Crippen molar-refractivity contribution in [1.82, 2.24) is 19.7 Å². The van der Waals surface area contributed by atoms with E-state index in [1.165, 1.54) is 9.80 Å². The number of halogens is 3. The Morgan fingerprint density at radius 2 is 1.93 bits per heavy atom. The van der Waals surface area contributed by atoms with Gasteiger partial charge in [0.1, 0.15) is 23.3 Å². The molecule has 1 fully saturated rings. The maximum Gasteiger partial charge on any atom is 0.321 e. The Morgan fingerprint density at radius 3 is 2.62 bits per heavy atom. The predicted octanol–water partition coefficient (Wildman–Crippen LogP) is 4.92. The van der Waals surface area contributed by atoms with E-state index >= 15 is 4.39 Å². The summed E-state index contributed by atoms with van der Waals surface area (Å²) in [6.45, 7) is 2.72. The highest BCUT2D eigenvalue weighted by atomic mass is 19.1. The SMILES string of the molecule is Cc1cc(CN2CCC(N(C)C(=O)N3CC(c4cc(F)ccc4F)=C[C@@]3(CO)c3ccccc3)C(F)C2)ccn1. The second kappa shape index (κ2) is 11.4. The molecule has 1 aromatic heterocycles. The number of carbonyl (C=O) groups is 1. The minimum absolute atomic E-state index is 0.0229. The molecule has 0 bridgehead atoms. The van der Waals surface area contributed by atoms with Crippen LogP contribution in [0.1, 0.15) is 28.8 Å². The van der Waals surface area contributed by atoms with E-state index in [1.54, 1.807) is 43.6 Å². The molecule has 1 N–H and O–H groups in total. The third-order valence-corrected chi connectivity index (χ3v) is 8.00. The number of nitrogens with zero attached hydrogens (tertiary/aromatic N) is 4. The summed E-state index contributed by atoms with van der Waals surface area (Å²) < 4.78 is 44.5. The minimum Gasteiger partial charge on any atom is -0.393 e. The lowest BCUT2D eigenvalue weighted by molar-refractivity contribution is 0.0335. The summed E-state index contributed by atoms with van der Waals surface area (Å²) in [4.78, 5) is 23.1. The number of hydrogen-bond acceptors (Lipinski definition) is 4. The molecule has 2 amide bonds. The molecule has 2 aromatic carbocycles. The highest BCUT2D eigenvalue weighted by Crippen LogP contribution is 2.41. The normalized spacial score (nSPS) is 23.2. The fourth-order valence-corrected chi connectivity index (χ4v) is 5.88. The van der Waals surface area contributed by atoms with Gasteiger partial charge in [-0.05, 0) is 66.5 Å². The smallest absolute Gasteiger partial charge is 0.321 e. The fourth-order valence-electron chi connectivity index (χ4n) is 5.88. The molecule has 3 heterocycles. The molecule has 3 atom stereocenters. The lowest BCUT2D eigenvalue weighted by Gasteiger charge is -2.44. The van der Waals surface area contributed by atoms with Crippen LogP contribution in [0, 0.1) is 18.6 Å². The molecular formula is C31H33F3N4O2. The van der Waals surface area contributed by atoms with Gasteiger partial charge < -0.3 is 14.9 Å². The molecule has 2 unspecified atom stereocenters. The molecule has 210 valence electrons. The van der Waals surface area contributed by atoms with Gasteiger partial charge in [-0.1, -0.05) is 30.3 Å². The van der Waals surface area contributed by atoms with Crippen LogP contribution in [0.3, 0.4) is 0 Å². The van der Waals surface area contributed by atoms with Crippen molar-refractivity contribution in [1.29, 1.82) is 0 Å². The third-order valence-electron chi connectivity index (χ3n) is 8.00. The summed E-state index contributed by atoms with van der Waals surface area (Å²) in [5.41, 5.74) is 1.64. The van der Waals surface area contributed by atoms with Crippen LogP contribution in [0.5, 0.6) is 0 Å². The number of amides is 2. The maximum absolute atomic E-state index is 15.6. The van der Waals surface area contributed by atoms with E-state index in [1.807, 2.05) is 30.0 Å². The van der Waals surface area contributed by atoms with Crippen LogP contribution >= 0.6 is 0 Å². The van der Waals surface area contributed by atoms with Gasteiger partial charge >= 0.3 is 6.03 Å². The van der Waals surface area contributed by atoms with Crippen LogP contribution in [0.25, 0.3) is 5.57 Å². The predicted molar refractivity (Wildman–Crippen MR) is 147 cm³/mol. The van der Waals surface area contributed by atoms with E-state index < -0.39 is 42.0 Å². The van der Waals surface area contributed by atoms with Gasteiger partial charge in [0.15, 0.2) is 0 Å². The fraction of sp³-hybridized carbons (Fsp3) is 0.355. The monoisotopic (exact) mass is 550 g/mol. The highest BCUT2D eigenvalue weighted by molar-refractivity contribution is 5.83. The van der Waals surface area contributed by atoms with Crippen LogP contribution in [0.4, 0.5) is 18.0 Å². The zero-order valence-electron chi connectivity index (χ0n) is 22.6. The molecule has 5 rings (SSSR count). The first-order valence-corrected chi connectivity index (χ1v) is 13.4. The Labute approximate surface area is 232 Å². The van der Waals surface area contributed by atoms with Gasteiger partial charge in [-0.15, -0.1) is 0 Å². The zero-order chi connectivity index (χ0) is 28.4. The molecule has 0 aliphatic carbocycles. The summed E-state index contributed by atoms with van der Waals surface area (Å²) in [7, 11) is 1.56. The van der Waals surface area contributed by atoms with Crippen molar-refractivity contribution < 1.29 is 23.1 Å². The van der Waals surface area contributed by atoms with Crippen molar-refractivity contribution in [3.8, 4) is 0 Å². The first-order chi connectivity index (χ1) is 19.2. The number of rotatable bonds is 6. The molecule has 9 heteroatoms. The number of alkyl halides is 1. The summed E-state index contributed by atoms with van der Waals surface area (Å²) >= 11 is 0. The van der Waals surface area contributed by atoms with E-state index in [9.17, 15) is 18.7 Å². The summed E-state index contributed by atoms with van der Waals surface area (Å²) in [5, 5.41) is 10.7.